The summed E-state index contributed by atoms with van der Waals surface area (Å²) in [5.74, 6) is -0.390. The second kappa shape index (κ2) is 5.56. The minimum Gasteiger partial charge on any atom is -0.396 e. The van der Waals surface area contributed by atoms with E-state index in [1.54, 1.807) is 35.1 Å². The summed E-state index contributed by atoms with van der Waals surface area (Å²) in [5, 5.41) is 6.79. The van der Waals surface area contributed by atoms with Gasteiger partial charge in [-0.3, -0.25) is 14.3 Å². The molecule has 0 unspecified atom stereocenters. The molecule has 1 amide bonds. The number of hydrogen-bond donors (Lipinski definition) is 2. The van der Waals surface area contributed by atoms with Crippen LogP contribution in [0.5, 0.6) is 0 Å². The third-order valence-corrected chi connectivity index (χ3v) is 2.88. The van der Waals surface area contributed by atoms with Crippen molar-refractivity contribution in [3.05, 3.63) is 41.7 Å². The predicted molar refractivity (Wildman–Crippen MR) is 76.7 cm³/mol. The molecule has 2 rings (SSSR count). The maximum absolute atomic E-state index is 12.0. The van der Waals surface area contributed by atoms with E-state index >= 15 is 0 Å². The Balaban J connectivity index is 2.14. The fraction of sp³-hybridized carbons (Fsp3) is 0.214. The zero-order chi connectivity index (χ0) is 14.7. The summed E-state index contributed by atoms with van der Waals surface area (Å²) in [6.45, 7) is 4.05. The number of amides is 1. The van der Waals surface area contributed by atoms with Crippen molar-refractivity contribution in [3.8, 4) is 0 Å². The number of aryl methyl sites for hydroxylation is 1. The van der Waals surface area contributed by atoms with Gasteiger partial charge in [0.2, 0.25) is 0 Å². The Morgan fingerprint density at radius 3 is 2.45 bits per heavy atom. The van der Waals surface area contributed by atoms with Gasteiger partial charge in [0.1, 0.15) is 0 Å². The van der Waals surface area contributed by atoms with E-state index in [1.807, 2.05) is 6.92 Å². The number of aromatic nitrogens is 2. The monoisotopic (exact) mass is 272 g/mol. The van der Waals surface area contributed by atoms with Crippen molar-refractivity contribution < 1.29 is 9.59 Å². The molecule has 0 spiro atoms. The zero-order valence-corrected chi connectivity index (χ0v) is 11.4. The normalized spacial score (nSPS) is 10.3. The molecule has 0 aliphatic rings. The van der Waals surface area contributed by atoms with Crippen LogP contribution in [0.1, 0.15) is 34.7 Å². The number of anilines is 2. The van der Waals surface area contributed by atoms with Crippen LogP contribution in [0, 0.1) is 0 Å². The van der Waals surface area contributed by atoms with Gasteiger partial charge in [0.25, 0.3) is 5.91 Å². The van der Waals surface area contributed by atoms with Crippen molar-refractivity contribution in [1.29, 1.82) is 0 Å². The van der Waals surface area contributed by atoms with E-state index in [2.05, 4.69) is 10.4 Å². The highest BCUT2D eigenvalue weighted by atomic mass is 16.2. The van der Waals surface area contributed by atoms with Gasteiger partial charge in [0.15, 0.2) is 11.5 Å². The summed E-state index contributed by atoms with van der Waals surface area (Å²) in [6.07, 6.45) is 1.62. The SMILES string of the molecule is CCn1cc(N)c(C(=O)Nc2ccc(C(C)=O)cc2)n1. The van der Waals surface area contributed by atoms with E-state index in [9.17, 15) is 9.59 Å². The van der Waals surface area contributed by atoms with E-state index in [-0.39, 0.29) is 17.4 Å². The maximum Gasteiger partial charge on any atom is 0.278 e. The number of nitrogens with zero attached hydrogens (tertiary/aromatic N) is 2. The highest BCUT2D eigenvalue weighted by Gasteiger charge is 2.14. The summed E-state index contributed by atoms with van der Waals surface area (Å²) in [5.41, 5.74) is 7.46. The summed E-state index contributed by atoms with van der Waals surface area (Å²) in [4.78, 5) is 23.2. The number of nitrogens with two attached hydrogens (primary N) is 1. The molecule has 20 heavy (non-hydrogen) atoms. The lowest BCUT2D eigenvalue weighted by atomic mass is 10.1. The van der Waals surface area contributed by atoms with Gasteiger partial charge in [-0.1, -0.05) is 0 Å². The van der Waals surface area contributed by atoms with E-state index < -0.39 is 0 Å². The lowest BCUT2D eigenvalue weighted by molar-refractivity contribution is 0.101. The minimum absolute atomic E-state index is 0.0196. The molecule has 0 fully saturated rings. The first kappa shape index (κ1) is 13.8. The van der Waals surface area contributed by atoms with Gasteiger partial charge in [-0.25, -0.2) is 0 Å². The lowest BCUT2D eigenvalue weighted by Gasteiger charge is -2.04. The van der Waals surface area contributed by atoms with Crippen LogP contribution in [0.2, 0.25) is 0 Å². The number of hydrogen-bond acceptors (Lipinski definition) is 4. The minimum atomic E-state index is -0.370. The molecule has 3 N–H and O–H groups in total. The van der Waals surface area contributed by atoms with Crippen molar-refractivity contribution in [3.63, 3.8) is 0 Å². The quantitative estimate of drug-likeness (QED) is 0.832. The molecule has 2 aromatic rings. The molecule has 0 aliphatic heterocycles. The number of nitrogen functional groups attached to an aromatic ring is 1. The molecule has 0 saturated carbocycles. The second-order valence-electron chi connectivity index (χ2n) is 4.38. The smallest absolute Gasteiger partial charge is 0.278 e. The van der Waals surface area contributed by atoms with Crippen molar-refractivity contribution in [1.82, 2.24) is 9.78 Å². The number of carbonyl (C=O) groups excluding carboxylic acids is 2. The van der Waals surface area contributed by atoms with Crippen molar-refractivity contribution in [2.45, 2.75) is 20.4 Å². The van der Waals surface area contributed by atoms with Crippen molar-refractivity contribution >= 4 is 23.1 Å². The molecule has 0 bridgehead atoms. The fourth-order valence-electron chi connectivity index (χ4n) is 1.75. The summed E-state index contributed by atoms with van der Waals surface area (Å²) < 4.78 is 1.60. The van der Waals surface area contributed by atoms with Crippen LogP contribution >= 0.6 is 0 Å². The zero-order valence-electron chi connectivity index (χ0n) is 11.4. The van der Waals surface area contributed by atoms with Gasteiger partial charge in [-0.15, -0.1) is 0 Å². The molecule has 6 nitrogen and oxygen atoms in total. The van der Waals surface area contributed by atoms with E-state index in [0.717, 1.165) is 0 Å². The Morgan fingerprint density at radius 1 is 1.30 bits per heavy atom. The Morgan fingerprint density at radius 2 is 1.95 bits per heavy atom. The molecule has 0 aliphatic carbocycles. The van der Waals surface area contributed by atoms with Crippen LogP contribution in [-0.2, 0) is 6.54 Å². The van der Waals surface area contributed by atoms with Crippen molar-refractivity contribution in [2.75, 3.05) is 11.1 Å². The number of ketones is 1. The summed E-state index contributed by atoms with van der Waals surface area (Å²) in [6, 6.07) is 6.65. The average Bonchev–Trinajstić information content (AvgIpc) is 2.80. The van der Waals surface area contributed by atoms with Crippen LogP contribution in [0.4, 0.5) is 11.4 Å². The first-order valence-electron chi connectivity index (χ1n) is 6.26. The van der Waals surface area contributed by atoms with Gasteiger partial charge in [-0.2, -0.15) is 5.10 Å². The van der Waals surface area contributed by atoms with E-state index in [0.29, 0.717) is 23.5 Å². The Kier molecular flexibility index (Phi) is 3.84. The first-order valence-corrected chi connectivity index (χ1v) is 6.26. The topological polar surface area (TPSA) is 90.0 Å². The van der Waals surface area contributed by atoms with Gasteiger partial charge in [0, 0.05) is 24.0 Å². The van der Waals surface area contributed by atoms with Gasteiger partial charge in [0.05, 0.1) is 5.69 Å². The Hall–Kier alpha value is -2.63. The fourth-order valence-corrected chi connectivity index (χ4v) is 1.75. The molecular formula is C14H16N4O2. The highest BCUT2D eigenvalue weighted by Crippen LogP contribution is 2.14. The second-order valence-corrected chi connectivity index (χ2v) is 4.38. The number of benzene rings is 1. The van der Waals surface area contributed by atoms with Crippen LogP contribution in [0.15, 0.2) is 30.5 Å². The van der Waals surface area contributed by atoms with Gasteiger partial charge in [-0.05, 0) is 38.1 Å². The third-order valence-electron chi connectivity index (χ3n) is 2.88. The number of nitrogens with one attached hydrogen (secondary N) is 1. The molecule has 0 saturated heterocycles. The van der Waals surface area contributed by atoms with Gasteiger partial charge < -0.3 is 11.1 Å². The molecule has 0 atom stereocenters. The number of rotatable bonds is 4. The maximum atomic E-state index is 12.0. The summed E-state index contributed by atoms with van der Waals surface area (Å²) >= 11 is 0. The van der Waals surface area contributed by atoms with Crippen LogP contribution in [0.25, 0.3) is 0 Å². The summed E-state index contributed by atoms with van der Waals surface area (Å²) in [7, 11) is 0. The van der Waals surface area contributed by atoms with Crippen LogP contribution in [-0.4, -0.2) is 21.5 Å². The standard InChI is InChI=1S/C14H16N4O2/c1-3-18-8-12(15)13(17-18)14(20)16-11-6-4-10(5-7-11)9(2)19/h4-8H,3,15H2,1-2H3,(H,16,20). The molecule has 6 heteroatoms. The Labute approximate surface area is 116 Å². The van der Waals surface area contributed by atoms with Crippen molar-refractivity contribution in [2.24, 2.45) is 0 Å². The number of carbonyl (C=O) groups is 2. The molecule has 104 valence electrons. The third kappa shape index (κ3) is 2.85. The average molecular weight is 272 g/mol. The Bertz CT molecular complexity index is 644. The molecule has 1 aromatic heterocycles. The van der Waals surface area contributed by atoms with E-state index in [4.69, 9.17) is 5.73 Å². The highest BCUT2D eigenvalue weighted by molar-refractivity contribution is 6.06. The van der Waals surface area contributed by atoms with Crippen LogP contribution < -0.4 is 11.1 Å². The largest absolute Gasteiger partial charge is 0.396 e. The molecule has 1 heterocycles. The van der Waals surface area contributed by atoms with Crippen LogP contribution in [0.3, 0.4) is 0 Å². The number of Topliss-reactive ketones (excluding diaryl/α,β-unsaturated/α-hetero) is 1. The van der Waals surface area contributed by atoms with E-state index in [1.165, 1.54) is 6.92 Å². The predicted octanol–water partition coefficient (Wildman–Crippen LogP) is 1.94. The lowest BCUT2D eigenvalue weighted by Crippen LogP contribution is -2.14. The molecular weight excluding hydrogens is 256 g/mol. The first-order chi connectivity index (χ1) is 9.51. The molecule has 0 radical (unpaired) electrons. The molecule has 1 aromatic carbocycles. The van der Waals surface area contributed by atoms with Gasteiger partial charge >= 0.3 is 0 Å².